The number of phenolic OH excluding ortho intramolecular Hbond substituents is 1. The number of phenols is 1. The van der Waals surface area contributed by atoms with Gasteiger partial charge >= 0.3 is 0 Å². The second-order valence-electron chi connectivity index (χ2n) is 6.59. The molecule has 1 fully saturated rings. The highest BCUT2D eigenvalue weighted by molar-refractivity contribution is 5.79. The Kier molecular flexibility index (Phi) is 5.56. The molecule has 1 saturated heterocycles. The van der Waals surface area contributed by atoms with Crippen molar-refractivity contribution in [2.24, 2.45) is 0 Å². The van der Waals surface area contributed by atoms with E-state index in [-0.39, 0.29) is 17.7 Å². The molecule has 2 aromatic carbocycles. The van der Waals surface area contributed by atoms with Crippen LogP contribution in [0.2, 0.25) is 0 Å². The minimum absolute atomic E-state index is 0.0503. The van der Waals surface area contributed by atoms with Gasteiger partial charge in [0.1, 0.15) is 5.75 Å². The standard InChI is InChI=1S/C20H25N3O2/c1-16(20(25)21-15-17-5-3-2-4-6-17)22-11-13-23(14-12-22)18-7-9-19(24)10-8-18/h2-10,16,24H,11-15H2,1H3,(H,21,25)/p+1/t16-/m0/s1. The summed E-state index contributed by atoms with van der Waals surface area (Å²) in [6.07, 6.45) is 0. The number of hydrogen-bond acceptors (Lipinski definition) is 3. The van der Waals surface area contributed by atoms with Gasteiger partial charge in [-0.05, 0) is 36.8 Å². The van der Waals surface area contributed by atoms with E-state index in [0.717, 1.165) is 37.4 Å². The highest BCUT2D eigenvalue weighted by Crippen LogP contribution is 2.18. The number of nitrogens with zero attached hydrogens (tertiary/aromatic N) is 1. The van der Waals surface area contributed by atoms with Crippen molar-refractivity contribution in [2.75, 3.05) is 31.1 Å². The van der Waals surface area contributed by atoms with Gasteiger partial charge in [-0.25, -0.2) is 0 Å². The van der Waals surface area contributed by atoms with Crippen molar-refractivity contribution >= 4 is 11.6 Å². The quantitative estimate of drug-likeness (QED) is 0.755. The summed E-state index contributed by atoms with van der Waals surface area (Å²) in [6, 6.07) is 17.3. The topological polar surface area (TPSA) is 57.0 Å². The summed E-state index contributed by atoms with van der Waals surface area (Å²) in [6.45, 7) is 6.28. The summed E-state index contributed by atoms with van der Waals surface area (Å²) in [5.41, 5.74) is 2.24. The Bertz CT molecular complexity index is 680. The van der Waals surface area contributed by atoms with Gasteiger partial charge in [0.2, 0.25) is 0 Å². The van der Waals surface area contributed by atoms with E-state index >= 15 is 0 Å². The Morgan fingerprint density at radius 2 is 1.76 bits per heavy atom. The molecule has 3 N–H and O–H groups in total. The molecule has 0 aromatic heterocycles. The van der Waals surface area contributed by atoms with E-state index < -0.39 is 0 Å². The van der Waals surface area contributed by atoms with E-state index in [1.165, 1.54) is 4.90 Å². The number of amides is 1. The Balaban J connectivity index is 1.48. The first kappa shape index (κ1) is 17.3. The summed E-state index contributed by atoms with van der Waals surface area (Å²) in [5, 5.41) is 12.4. The van der Waals surface area contributed by atoms with Gasteiger partial charge in [0.15, 0.2) is 6.04 Å². The van der Waals surface area contributed by atoms with Gasteiger partial charge in [-0.3, -0.25) is 4.79 Å². The number of rotatable bonds is 5. The zero-order chi connectivity index (χ0) is 17.6. The summed E-state index contributed by atoms with van der Waals surface area (Å²) in [5.74, 6) is 0.397. The third-order valence-corrected chi connectivity index (χ3v) is 4.94. The van der Waals surface area contributed by atoms with Crippen molar-refractivity contribution in [3.05, 3.63) is 60.2 Å². The van der Waals surface area contributed by atoms with E-state index in [4.69, 9.17) is 0 Å². The maximum atomic E-state index is 12.4. The number of aromatic hydroxyl groups is 1. The van der Waals surface area contributed by atoms with Crippen LogP contribution in [0, 0.1) is 0 Å². The van der Waals surface area contributed by atoms with Crippen LogP contribution in [0.15, 0.2) is 54.6 Å². The molecule has 0 bridgehead atoms. The van der Waals surface area contributed by atoms with Crippen molar-refractivity contribution in [3.8, 4) is 5.75 Å². The van der Waals surface area contributed by atoms with Gasteiger partial charge in [0, 0.05) is 12.2 Å². The molecule has 5 nitrogen and oxygen atoms in total. The molecular weight excluding hydrogens is 314 g/mol. The molecule has 0 radical (unpaired) electrons. The predicted octanol–water partition coefficient (Wildman–Crippen LogP) is 0.802. The third kappa shape index (κ3) is 4.51. The lowest BCUT2D eigenvalue weighted by Gasteiger charge is -2.36. The normalized spacial score (nSPS) is 16.4. The average Bonchev–Trinajstić information content (AvgIpc) is 2.67. The Morgan fingerprint density at radius 3 is 2.40 bits per heavy atom. The van der Waals surface area contributed by atoms with Gasteiger partial charge in [-0.2, -0.15) is 0 Å². The van der Waals surface area contributed by atoms with E-state index in [1.807, 2.05) is 49.4 Å². The molecule has 132 valence electrons. The van der Waals surface area contributed by atoms with Crippen LogP contribution in [0.25, 0.3) is 0 Å². The van der Waals surface area contributed by atoms with Gasteiger partial charge in [0.25, 0.3) is 5.91 Å². The minimum atomic E-state index is -0.0503. The van der Waals surface area contributed by atoms with Crippen LogP contribution in [0.1, 0.15) is 12.5 Å². The molecule has 25 heavy (non-hydrogen) atoms. The lowest BCUT2D eigenvalue weighted by Crippen LogP contribution is -3.19. The van der Waals surface area contributed by atoms with Crippen molar-refractivity contribution in [3.63, 3.8) is 0 Å². The van der Waals surface area contributed by atoms with E-state index in [1.54, 1.807) is 12.1 Å². The van der Waals surface area contributed by atoms with Crippen LogP contribution in [0.4, 0.5) is 5.69 Å². The molecule has 1 atom stereocenters. The molecule has 0 saturated carbocycles. The van der Waals surface area contributed by atoms with Crippen LogP contribution < -0.4 is 15.1 Å². The summed E-state index contributed by atoms with van der Waals surface area (Å²) < 4.78 is 0. The number of benzene rings is 2. The molecular formula is C20H26N3O2+. The lowest BCUT2D eigenvalue weighted by atomic mass is 10.2. The molecule has 0 unspecified atom stereocenters. The van der Waals surface area contributed by atoms with Gasteiger partial charge in [-0.15, -0.1) is 0 Å². The van der Waals surface area contributed by atoms with Crippen molar-refractivity contribution in [1.82, 2.24) is 5.32 Å². The Morgan fingerprint density at radius 1 is 1.12 bits per heavy atom. The summed E-state index contributed by atoms with van der Waals surface area (Å²) in [4.78, 5) is 16.1. The minimum Gasteiger partial charge on any atom is -0.508 e. The molecule has 1 heterocycles. The lowest BCUT2D eigenvalue weighted by molar-refractivity contribution is -0.914. The maximum Gasteiger partial charge on any atom is 0.278 e. The van der Waals surface area contributed by atoms with E-state index in [0.29, 0.717) is 6.54 Å². The largest absolute Gasteiger partial charge is 0.508 e. The molecule has 5 heteroatoms. The van der Waals surface area contributed by atoms with Gasteiger partial charge < -0.3 is 20.2 Å². The van der Waals surface area contributed by atoms with Crippen LogP contribution in [-0.2, 0) is 11.3 Å². The number of carbonyl (C=O) groups is 1. The fraction of sp³-hybridized carbons (Fsp3) is 0.350. The number of anilines is 1. The fourth-order valence-corrected chi connectivity index (χ4v) is 3.27. The third-order valence-electron chi connectivity index (χ3n) is 4.94. The van der Waals surface area contributed by atoms with Crippen LogP contribution in [0.5, 0.6) is 5.75 Å². The van der Waals surface area contributed by atoms with Crippen LogP contribution in [-0.4, -0.2) is 43.2 Å². The fourth-order valence-electron chi connectivity index (χ4n) is 3.27. The smallest absolute Gasteiger partial charge is 0.278 e. The number of hydrogen-bond donors (Lipinski definition) is 3. The summed E-state index contributed by atoms with van der Waals surface area (Å²) >= 11 is 0. The second-order valence-corrected chi connectivity index (χ2v) is 6.59. The molecule has 0 spiro atoms. The zero-order valence-corrected chi connectivity index (χ0v) is 14.6. The molecule has 1 aliphatic heterocycles. The van der Waals surface area contributed by atoms with E-state index in [2.05, 4.69) is 10.2 Å². The van der Waals surface area contributed by atoms with E-state index in [9.17, 15) is 9.90 Å². The number of carbonyl (C=O) groups excluding carboxylic acids is 1. The Labute approximate surface area is 148 Å². The number of nitrogens with one attached hydrogen (secondary N) is 2. The predicted molar refractivity (Wildman–Crippen MR) is 98.8 cm³/mol. The zero-order valence-electron chi connectivity index (χ0n) is 14.6. The van der Waals surface area contributed by atoms with Gasteiger partial charge in [0.05, 0.1) is 26.2 Å². The Hall–Kier alpha value is -2.53. The maximum absolute atomic E-state index is 12.4. The van der Waals surface area contributed by atoms with Crippen LogP contribution in [0.3, 0.4) is 0 Å². The number of piperazine rings is 1. The number of quaternary nitrogens is 1. The second kappa shape index (κ2) is 8.03. The molecule has 1 aliphatic rings. The molecule has 2 aromatic rings. The average molecular weight is 340 g/mol. The van der Waals surface area contributed by atoms with Crippen molar-refractivity contribution in [2.45, 2.75) is 19.5 Å². The summed E-state index contributed by atoms with van der Waals surface area (Å²) in [7, 11) is 0. The molecule has 3 rings (SSSR count). The van der Waals surface area contributed by atoms with Crippen LogP contribution >= 0.6 is 0 Å². The van der Waals surface area contributed by atoms with Crippen molar-refractivity contribution < 1.29 is 14.8 Å². The monoisotopic (exact) mass is 340 g/mol. The molecule has 1 amide bonds. The first-order valence-electron chi connectivity index (χ1n) is 8.83. The SMILES string of the molecule is C[C@@H](C(=O)NCc1ccccc1)[NH+]1CCN(c2ccc(O)cc2)CC1. The van der Waals surface area contributed by atoms with Gasteiger partial charge in [-0.1, -0.05) is 30.3 Å². The van der Waals surface area contributed by atoms with Crippen molar-refractivity contribution in [1.29, 1.82) is 0 Å². The first-order valence-corrected chi connectivity index (χ1v) is 8.83. The highest BCUT2D eigenvalue weighted by atomic mass is 16.3. The first-order chi connectivity index (χ1) is 12.1. The molecule has 0 aliphatic carbocycles. The highest BCUT2D eigenvalue weighted by Gasteiger charge is 2.29.